The van der Waals surface area contributed by atoms with Gasteiger partial charge in [0.25, 0.3) is 0 Å². The molecule has 0 saturated carbocycles. The van der Waals surface area contributed by atoms with Gasteiger partial charge in [-0.3, -0.25) is 4.79 Å². The fourth-order valence-corrected chi connectivity index (χ4v) is 3.88. The summed E-state index contributed by atoms with van der Waals surface area (Å²) in [6, 6.07) is 4.93. The Morgan fingerprint density at radius 2 is 1.72 bits per heavy atom. The van der Waals surface area contributed by atoms with E-state index >= 15 is 0 Å². The molecule has 0 fully saturated rings. The van der Waals surface area contributed by atoms with Crippen LogP contribution in [0.2, 0.25) is 0 Å². The number of phenolic OH excluding ortho intramolecular Hbond substituents is 5. The molecule has 8 nitrogen and oxygen atoms in total. The fraction of sp³-hybridized carbons (Fsp3) is 0.458. The Morgan fingerprint density at radius 3 is 2.38 bits per heavy atom. The lowest BCUT2D eigenvalue weighted by molar-refractivity contribution is -0.160. The summed E-state index contributed by atoms with van der Waals surface area (Å²) in [4.78, 5) is 12.8. The minimum Gasteiger partial charge on any atom is -0.508 e. The second kappa shape index (κ2) is 9.89. The van der Waals surface area contributed by atoms with Crippen molar-refractivity contribution < 1.29 is 39.8 Å². The van der Waals surface area contributed by atoms with Gasteiger partial charge in [-0.25, -0.2) is 0 Å². The van der Waals surface area contributed by atoms with Gasteiger partial charge in [-0.15, -0.1) is 0 Å². The summed E-state index contributed by atoms with van der Waals surface area (Å²) in [5.41, 5.74) is 0.638. The molecule has 32 heavy (non-hydrogen) atoms. The Kier molecular flexibility index (Phi) is 7.22. The number of rotatable bonds is 8. The molecular formula is C24H30O8. The maximum absolute atomic E-state index is 12.8. The van der Waals surface area contributed by atoms with Gasteiger partial charge in [0, 0.05) is 29.7 Å². The van der Waals surface area contributed by atoms with E-state index in [2.05, 4.69) is 6.92 Å². The zero-order valence-electron chi connectivity index (χ0n) is 18.2. The number of phenols is 5. The molecule has 1 aliphatic rings. The number of carbonyl (C=O) groups excluding carboxylic acids is 1. The minimum atomic E-state index is -0.947. The lowest BCUT2D eigenvalue weighted by Crippen LogP contribution is -2.36. The van der Waals surface area contributed by atoms with Gasteiger partial charge in [-0.2, -0.15) is 0 Å². The van der Waals surface area contributed by atoms with E-state index in [4.69, 9.17) is 9.47 Å². The molecule has 0 aliphatic carbocycles. The third kappa shape index (κ3) is 5.12. The largest absolute Gasteiger partial charge is 0.508 e. The second-order valence-corrected chi connectivity index (χ2v) is 8.32. The molecule has 8 heteroatoms. The standard InChI is InChI=1S/C24H30O8/c1-3-4-5-6-7-13(2)24(30)32-21-12-16-17(26)10-15(25)11-20(16)31-23(21)14-8-18(27)22(29)19(28)9-14/h8-11,13,21,23,25-29H,3-7,12H2,1-2H3/t13-,21-,23-/m1/s1. The van der Waals surface area contributed by atoms with E-state index in [1.54, 1.807) is 6.92 Å². The summed E-state index contributed by atoms with van der Waals surface area (Å²) < 4.78 is 11.7. The van der Waals surface area contributed by atoms with Gasteiger partial charge in [-0.05, 0) is 18.6 Å². The maximum atomic E-state index is 12.8. The van der Waals surface area contributed by atoms with Crippen LogP contribution in [0.3, 0.4) is 0 Å². The van der Waals surface area contributed by atoms with Gasteiger partial charge >= 0.3 is 5.97 Å². The van der Waals surface area contributed by atoms with Crippen LogP contribution in [0.25, 0.3) is 0 Å². The molecule has 174 valence electrons. The number of hydrogen-bond acceptors (Lipinski definition) is 8. The molecule has 3 rings (SSSR count). The van der Waals surface area contributed by atoms with E-state index in [0.717, 1.165) is 25.7 Å². The summed E-state index contributed by atoms with van der Waals surface area (Å²) in [5, 5.41) is 49.6. The highest BCUT2D eigenvalue weighted by Crippen LogP contribution is 2.45. The Bertz CT molecular complexity index is 948. The maximum Gasteiger partial charge on any atom is 0.309 e. The van der Waals surface area contributed by atoms with Crippen molar-refractivity contribution in [1.29, 1.82) is 0 Å². The van der Waals surface area contributed by atoms with Crippen LogP contribution in [0, 0.1) is 5.92 Å². The predicted molar refractivity (Wildman–Crippen MR) is 116 cm³/mol. The van der Waals surface area contributed by atoms with Crippen LogP contribution in [-0.2, 0) is 16.0 Å². The van der Waals surface area contributed by atoms with E-state index in [9.17, 15) is 30.3 Å². The molecule has 0 aromatic heterocycles. The highest BCUT2D eigenvalue weighted by Gasteiger charge is 2.37. The van der Waals surface area contributed by atoms with E-state index in [1.165, 1.54) is 24.3 Å². The number of unbranched alkanes of at least 4 members (excludes halogenated alkanes) is 3. The first-order chi connectivity index (χ1) is 15.2. The monoisotopic (exact) mass is 446 g/mol. The number of fused-ring (bicyclic) bond motifs is 1. The summed E-state index contributed by atoms with van der Waals surface area (Å²) in [7, 11) is 0. The van der Waals surface area contributed by atoms with E-state index in [-0.39, 0.29) is 35.2 Å². The van der Waals surface area contributed by atoms with Crippen LogP contribution in [0.5, 0.6) is 34.5 Å². The molecule has 0 bridgehead atoms. The minimum absolute atomic E-state index is 0.100. The Hall–Kier alpha value is -3.29. The number of carbonyl (C=O) groups is 1. The van der Waals surface area contributed by atoms with Gasteiger partial charge in [0.15, 0.2) is 23.4 Å². The van der Waals surface area contributed by atoms with Crippen molar-refractivity contribution in [3.63, 3.8) is 0 Å². The molecule has 0 amide bonds. The van der Waals surface area contributed by atoms with Gasteiger partial charge in [0.2, 0.25) is 0 Å². The SMILES string of the molecule is CCCCCC[C@@H](C)C(=O)O[C@@H]1Cc2c(O)cc(O)cc2O[C@@H]1c1cc(O)c(O)c(O)c1. The van der Waals surface area contributed by atoms with E-state index in [0.29, 0.717) is 12.0 Å². The second-order valence-electron chi connectivity index (χ2n) is 8.32. The molecule has 3 atom stereocenters. The van der Waals surface area contributed by atoms with Crippen LogP contribution >= 0.6 is 0 Å². The normalized spacial score (nSPS) is 18.4. The smallest absolute Gasteiger partial charge is 0.309 e. The molecule has 1 aliphatic heterocycles. The number of aromatic hydroxyl groups is 5. The first-order valence-electron chi connectivity index (χ1n) is 10.9. The molecule has 2 aromatic carbocycles. The Balaban J connectivity index is 1.87. The molecule has 0 spiro atoms. The number of benzene rings is 2. The van der Waals surface area contributed by atoms with Gasteiger partial charge in [0.05, 0.1) is 5.92 Å². The highest BCUT2D eigenvalue weighted by molar-refractivity contribution is 5.72. The molecular weight excluding hydrogens is 416 g/mol. The zero-order chi connectivity index (χ0) is 23.4. The average Bonchev–Trinajstić information content (AvgIpc) is 2.74. The van der Waals surface area contributed by atoms with Crippen LogP contribution in [0.4, 0.5) is 0 Å². The Labute approximate surface area is 186 Å². The quantitative estimate of drug-likeness (QED) is 0.228. The molecule has 0 saturated heterocycles. The van der Waals surface area contributed by atoms with E-state index < -0.39 is 35.4 Å². The van der Waals surface area contributed by atoms with Gasteiger partial charge in [-0.1, -0.05) is 39.5 Å². The van der Waals surface area contributed by atoms with Gasteiger partial charge < -0.3 is 35.0 Å². The predicted octanol–water partition coefficient (Wildman–Crippen LogP) is 4.41. The molecule has 1 heterocycles. The van der Waals surface area contributed by atoms with Crippen molar-refractivity contribution in [1.82, 2.24) is 0 Å². The topological polar surface area (TPSA) is 137 Å². The van der Waals surface area contributed by atoms with Crippen molar-refractivity contribution in [3.05, 3.63) is 35.4 Å². The first kappa shape index (κ1) is 23.4. The first-order valence-corrected chi connectivity index (χ1v) is 10.9. The van der Waals surface area contributed by atoms with Crippen molar-refractivity contribution in [2.24, 2.45) is 5.92 Å². The third-order valence-corrected chi connectivity index (χ3v) is 5.75. The van der Waals surface area contributed by atoms with E-state index in [1.807, 2.05) is 0 Å². The van der Waals surface area contributed by atoms with Gasteiger partial charge in [0.1, 0.15) is 23.4 Å². The zero-order valence-corrected chi connectivity index (χ0v) is 18.2. The Morgan fingerprint density at radius 1 is 1.03 bits per heavy atom. The average molecular weight is 446 g/mol. The van der Waals surface area contributed by atoms with Crippen molar-refractivity contribution in [3.8, 4) is 34.5 Å². The molecule has 5 N–H and O–H groups in total. The van der Waals surface area contributed by atoms with Crippen LogP contribution < -0.4 is 4.74 Å². The van der Waals surface area contributed by atoms with Crippen LogP contribution in [0.15, 0.2) is 24.3 Å². The lowest BCUT2D eigenvalue weighted by Gasteiger charge is -2.34. The van der Waals surface area contributed by atoms with Crippen molar-refractivity contribution in [2.75, 3.05) is 0 Å². The van der Waals surface area contributed by atoms with Crippen molar-refractivity contribution in [2.45, 2.75) is 64.6 Å². The molecule has 0 unspecified atom stereocenters. The van der Waals surface area contributed by atoms with Crippen LogP contribution in [-0.4, -0.2) is 37.6 Å². The number of esters is 1. The van der Waals surface area contributed by atoms with Crippen LogP contribution in [0.1, 0.15) is 63.2 Å². The highest BCUT2D eigenvalue weighted by atomic mass is 16.6. The summed E-state index contributed by atoms with van der Waals surface area (Å²) >= 11 is 0. The summed E-state index contributed by atoms with van der Waals surface area (Å²) in [6.07, 6.45) is 3.14. The lowest BCUT2D eigenvalue weighted by atomic mass is 9.93. The number of ether oxygens (including phenoxy) is 2. The summed E-state index contributed by atoms with van der Waals surface area (Å²) in [5.74, 6) is -2.71. The molecule has 2 aromatic rings. The number of hydrogen-bond donors (Lipinski definition) is 5. The molecule has 0 radical (unpaired) electrons. The fourth-order valence-electron chi connectivity index (χ4n) is 3.88. The van der Waals surface area contributed by atoms with Crippen molar-refractivity contribution >= 4 is 5.97 Å². The third-order valence-electron chi connectivity index (χ3n) is 5.75. The summed E-state index contributed by atoms with van der Waals surface area (Å²) in [6.45, 7) is 3.92.